The summed E-state index contributed by atoms with van der Waals surface area (Å²) in [5, 5.41) is 5.48. The first-order valence-electron chi connectivity index (χ1n) is 6.08. The highest BCUT2D eigenvalue weighted by atomic mass is 32.1. The SMILES string of the molecule is c1csc(CNc2ccc3c(c2)OCCCO3)c1. The minimum absolute atomic E-state index is 0.724. The van der Waals surface area contributed by atoms with Gasteiger partial charge >= 0.3 is 0 Å². The molecule has 0 atom stereocenters. The first-order chi connectivity index (χ1) is 8.92. The van der Waals surface area contributed by atoms with Gasteiger partial charge in [-0.25, -0.2) is 0 Å². The van der Waals surface area contributed by atoms with E-state index in [9.17, 15) is 0 Å². The minimum atomic E-state index is 0.724. The number of hydrogen-bond donors (Lipinski definition) is 1. The summed E-state index contributed by atoms with van der Waals surface area (Å²) in [7, 11) is 0. The number of ether oxygens (including phenoxy) is 2. The minimum Gasteiger partial charge on any atom is -0.490 e. The summed E-state index contributed by atoms with van der Waals surface area (Å²) in [5.74, 6) is 1.68. The molecule has 0 fully saturated rings. The van der Waals surface area contributed by atoms with Crippen molar-refractivity contribution in [2.45, 2.75) is 13.0 Å². The number of nitrogens with one attached hydrogen (secondary N) is 1. The zero-order chi connectivity index (χ0) is 12.2. The number of rotatable bonds is 3. The van der Waals surface area contributed by atoms with E-state index in [4.69, 9.17) is 9.47 Å². The van der Waals surface area contributed by atoms with Crippen molar-refractivity contribution in [2.75, 3.05) is 18.5 Å². The van der Waals surface area contributed by atoms with Crippen LogP contribution in [-0.4, -0.2) is 13.2 Å². The Balaban J connectivity index is 1.71. The molecule has 2 heterocycles. The molecule has 0 bridgehead atoms. The summed E-state index contributed by atoms with van der Waals surface area (Å²) in [6.45, 7) is 2.30. The monoisotopic (exact) mass is 261 g/mol. The third kappa shape index (κ3) is 2.59. The Morgan fingerprint density at radius 1 is 1.11 bits per heavy atom. The average Bonchev–Trinajstić information content (AvgIpc) is 2.80. The van der Waals surface area contributed by atoms with E-state index >= 15 is 0 Å². The van der Waals surface area contributed by atoms with Crippen molar-refractivity contribution in [3.8, 4) is 11.5 Å². The highest BCUT2D eigenvalue weighted by molar-refractivity contribution is 7.09. The molecule has 1 aliphatic heterocycles. The van der Waals surface area contributed by atoms with E-state index in [1.807, 2.05) is 18.2 Å². The predicted molar refractivity (Wildman–Crippen MR) is 73.7 cm³/mol. The van der Waals surface area contributed by atoms with Crippen LogP contribution in [0.3, 0.4) is 0 Å². The number of fused-ring (bicyclic) bond motifs is 1. The lowest BCUT2D eigenvalue weighted by Crippen LogP contribution is -1.98. The molecule has 0 radical (unpaired) electrons. The van der Waals surface area contributed by atoms with Gasteiger partial charge in [0, 0.05) is 29.6 Å². The van der Waals surface area contributed by atoms with Crippen LogP contribution in [0.5, 0.6) is 11.5 Å². The van der Waals surface area contributed by atoms with Crippen LogP contribution in [0.4, 0.5) is 5.69 Å². The van der Waals surface area contributed by atoms with Crippen molar-refractivity contribution >= 4 is 17.0 Å². The van der Waals surface area contributed by atoms with Crippen molar-refractivity contribution in [3.05, 3.63) is 40.6 Å². The quantitative estimate of drug-likeness (QED) is 0.917. The fourth-order valence-electron chi connectivity index (χ4n) is 1.88. The Morgan fingerprint density at radius 3 is 2.83 bits per heavy atom. The van der Waals surface area contributed by atoms with Gasteiger partial charge in [-0.15, -0.1) is 11.3 Å². The molecule has 2 aromatic rings. The second-order valence-corrected chi connectivity index (χ2v) is 5.18. The molecule has 0 saturated heterocycles. The van der Waals surface area contributed by atoms with Crippen LogP contribution < -0.4 is 14.8 Å². The van der Waals surface area contributed by atoms with Crippen molar-refractivity contribution in [2.24, 2.45) is 0 Å². The van der Waals surface area contributed by atoms with Crippen molar-refractivity contribution in [1.29, 1.82) is 0 Å². The Kier molecular flexibility index (Phi) is 3.37. The van der Waals surface area contributed by atoms with Gasteiger partial charge in [0.1, 0.15) is 0 Å². The summed E-state index contributed by atoms with van der Waals surface area (Å²) in [4.78, 5) is 1.32. The summed E-state index contributed by atoms with van der Waals surface area (Å²) in [6.07, 6.45) is 0.937. The Hall–Kier alpha value is -1.68. The molecule has 1 N–H and O–H groups in total. The lowest BCUT2D eigenvalue weighted by Gasteiger charge is -2.10. The summed E-state index contributed by atoms with van der Waals surface area (Å²) in [6, 6.07) is 10.2. The van der Waals surface area contributed by atoms with Crippen LogP contribution in [-0.2, 0) is 6.54 Å². The average molecular weight is 261 g/mol. The maximum absolute atomic E-state index is 5.66. The first kappa shape index (κ1) is 11.4. The summed E-state index contributed by atoms with van der Waals surface area (Å²) in [5.41, 5.74) is 1.06. The molecule has 3 nitrogen and oxygen atoms in total. The molecule has 94 valence electrons. The van der Waals surface area contributed by atoms with E-state index in [0.717, 1.165) is 43.4 Å². The van der Waals surface area contributed by atoms with Crippen LogP contribution in [0, 0.1) is 0 Å². The van der Waals surface area contributed by atoms with Gasteiger partial charge in [0.2, 0.25) is 0 Å². The number of anilines is 1. The van der Waals surface area contributed by atoms with Gasteiger partial charge in [-0.1, -0.05) is 6.07 Å². The van der Waals surface area contributed by atoms with Gasteiger partial charge in [-0.3, -0.25) is 0 Å². The third-order valence-electron chi connectivity index (χ3n) is 2.79. The highest BCUT2D eigenvalue weighted by Gasteiger charge is 2.10. The van der Waals surface area contributed by atoms with Crippen LogP contribution in [0.25, 0.3) is 0 Å². The van der Waals surface area contributed by atoms with Gasteiger partial charge in [0.15, 0.2) is 11.5 Å². The molecule has 4 heteroatoms. The third-order valence-corrected chi connectivity index (χ3v) is 3.67. The van der Waals surface area contributed by atoms with Gasteiger partial charge in [-0.05, 0) is 23.6 Å². The topological polar surface area (TPSA) is 30.5 Å². The number of thiophene rings is 1. The molecule has 0 amide bonds. The Labute approximate surface area is 110 Å². The summed E-state index contributed by atoms with van der Waals surface area (Å²) < 4.78 is 11.3. The van der Waals surface area contributed by atoms with Crippen molar-refractivity contribution in [1.82, 2.24) is 0 Å². The second kappa shape index (κ2) is 5.31. The first-order valence-corrected chi connectivity index (χ1v) is 6.96. The van der Waals surface area contributed by atoms with Gasteiger partial charge in [0.25, 0.3) is 0 Å². The lowest BCUT2D eigenvalue weighted by atomic mass is 10.2. The molecule has 3 rings (SSSR count). The van der Waals surface area contributed by atoms with Gasteiger partial charge in [0.05, 0.1) is 13.2 Å². The standard InChI is InChI=1S/C14H15NO2S/c1-3-12(18-8-1)10-15-11-4-5-13-14(9-11)17-7-2-6-16-13/h1,3-5,8-9,15H,2,6-7,10H2. The molecule has 1 aromatic carbocycles. The number of hydrogen-bond acceptors (Lipinski definition) is 4. The smallest absolute Gasteiger partial charge is 0.163 e. The zero-order valence-corrected chi connectivity index (χ0v) is 10.8. The van der Waals surface area contributed by atoms with E-state index in [1.54, 1.807) is 11.3 Å². The Bertz CT molecular complexity index is 511. The predicted octanol–water partition coefficient (Wildman–Crippen LogP) is 3.52. The van der Waals surface area contributed by atoms with E-state index in [2.05, 4.69) is 22.8 Å². The van der Waals surface area contributed by atoms with E-state index in [-0.39, 0.29) is 0 Å². The molecule has 1 aromatic heterocycles. The number of benzene rings is 1. The molecular formula is C14H15NO2S. The lowest BCUT2D eigenvalue weighted by molar-refractivity contribution is 0.297. The van der Waals surface area contributed by atoms with Gasteiger partial charge in [-0.2, -0.15) is 0 Å². The van der Waals surface area contributed by atoms with Crippen LogP contribution in [0.2, 0.25) is 0 Å². The Morgan fingerprint density at radius 2 is 2.00 bits per heavy atom. The highest BCUT2D eigenvalue weighted by Crippen LogP contribution is 2.32. The molecule has 0 spiro atoms. The molecule has 1 aliphatic rings. The van der Waals surface area contributed by atoms with E-state index in [1.165, 1.54) is 4.88 Å². The van der Waals surface area contributed by atoms with Gasteiger partial charge < -0.3 is 14.8 Å². The van der Waals surface area contributed by atoms with E-state index in [0.29, 0.717) is 0 Å². The normalized spacial score (nSPS) is 14.0. The van der Waals surface area contributed by atoms with Crippen molar-refractivity contribution in [3.63, 3.8) is 0 Å². The molecule has 0 unspecified atom stereocenters. The molecule has 18 heavy (non-hydrogen) atoms. The van der Waals surface area contributed by atoms with Crippen LogP contribution in [0.15, 0.2) is 35.7 Å². The maximum atomic E-state index is 5.66. The van der Waals surface area contributed by atoms with Crippen molar-refractivity contribution < 1.29 is 9.47 Å². The van der Waals surface area contributed by atoms with Crippen LogP contribution in [0.1, 0.15) is 11.3 Å². The fraction of sp³-hybridized carbons (Fsp3) is 0.286. The second-order valence-electron chi connectivity index (χ2n) is 4.14. The van der Waals surface area contributed by atoms with E-state index < -0.39 is 0 Å². The zero-order valence-electron chi connectivity index (χ0n) is 10.0. The molecule has 0 aliphatic carbocycles. The van der Waals surface area contributed by atoms with Crippen LogP contribution >= 0.6 is 11.3 Å². The fourth-order valence-corrected chi connectivity index (χ4v) is 2.52. The molecule has 0 saturated carbocycles. The largest absolute Gasteiger partial charge is 0.490 e. The summed E-state index contributed by atoms with van der Waals surface area (Å²) >= 11 is 1.76. The maximum Gasteiger partial charge on any atom is 0.163 e. The molecular weight excluding hydrogens is 246 g/mol.